The summed E-state index contributed by atoms with van der Waals surface area (Å²) < 4.78 is 19.1. The molecule has 2 aromatic heterocycles. The van der Waals surface area contributed by atoms with Gasteiger partial charge in [-0.3, -0.25) is 19.5 Å². The number of hydrogen-bond donors (Lipinski definition) is 1. The third-order valence-electron chi connectivity index (χ3n) is 5.11. The molecular formula is C22H18FN3O4S. The number of ether oxygens (including phenoxy) is 1. The van der Waals surface area contributed by atoms with Gasteiger partial charge in [0.1, 0.15) is 5.76 Å². The van der Waals surface area contributed by atoms with Crippen LogP contribution in [-0.2, 0) is 9.59 Å². The molecule has 9 heteroatoms. The van der Waals surface area contributed by atoms with E-state index in [9.17, 15) is 19.1 Å². The first-order chi connectivity index (χ1) is 14.8. The van der Waals surface area contributed by atoms with Crippen molar-refractivity contribution in [2.24, 2.45) is 0 Å². The summed E-state index contributed by atoms with van der Waals surface area (Å²) in [4.78, 5) is 36.6. The number of carbonyl (C=O) groups excluding carboxylic acids is 2. The van der Waals surface area contributed by atoms with Crippen LogP contribution in [0.4, 0.5) is 9.52 Å². The number of carbonyl (C=O) groups is 2. The normalized spacial score (nSPS) is 17.9. The predicted molar refractivity (Wildman–Crippen MR) is 114 cm³/mol. The number of halogens is 1. The highest BCUT2D eigenvalue weighted by Gasteiger charge is 2.48. The molecule has 0 bridgehead atoms. The molecule has 0 saturated carbocycles. The molecule has 3 heterocycles. The number of aryl methyl sites for hydroxylation is 2. The number of ketones is 1. The van der Waals surface area contributed by atoms with E-state index in [0.717, 1.165) is 16.6 Å². The second kappa shape index (κ2) is 7.92. The zero-order valence-electron chi connectivity index (χ0n) is 16.9. The van der Waals surface area contributed by atoms with Crippen LogP contribution in [0.15, 0.2) is 48.3 Å². The molecule has 7 nitrogen and oxygen atoms in total. The van der Waals surface area contributed by atoms with Crippen molar-refractivity contribution in [3.8, 4) is 5.75 Å². The van der Waals surface area contributed by atoms with Crippen molar-refractivity contribution in [1.82, 2.24) is 9.97 Å². The third kappa shape index (κ3) is 3.46. The number of rotatable bonds is 4. The van der Waals surface area contributed by atoms with Crippen LogP contribution in [0, 0.1) is 19.7 Å². The van der Waals surface area contributed by atoms with Crippen molar-refractivity contribution in [3.05, 3.63) is 75.8 Å². The molecule has 0 spiro atoms. The van der Waals surface area contributed by atoms with Crippen molar-refractivity contribution in [2.75, 3.05) is 12.0 Å². The second-order valence-electron chi connectivity index (χ2n) is 6.94. The molecule has 0 aliphatic carbocycles. The predicted octanol–water partition coefficient (Wildman–Crippen LogP) is 3.93. The van der Waals surface area contributed by atoms with Gasteiger partial charge in [0, 0.05) is 22.8 Å². The molecule has 1 aromatic carbocycles. The van der Waals surface area contributed by atoms with Crippen LogP contribution in [0.3, 0.4) is 0 Å². The van der Waals surface area contributed by atoms with Gasteiger partial charge in [0.05, 0.1) is 24.4 Å². The van der Waals surface area contributed by atoms with E-state index in [2.05, 4.69) is 9.97 Å². The van der Waals surface area contributed by atoms with Crippen LogP contribution in [0.25, 0.3) is 5.76 Å². The molecule has 3 aromatic rings. The summed E-state index contributed by atoms with van der Waals surface area (Å²) in [5.74, 6) is -2.87. The Balaban J connectivity index is 1.93. The van der Waals surface area contributed by atoms with Crippen molar-refractivity contribution in [2.45, 2.75) is 19.9 Å². The average molecular weight is 439 g/mol. The van der Waals surface area contributed by atoms with E-state index in [1.165, 1.54) is 47.9 Å². The highest BCUT2D eigenvalue weighted by Crippen LogP contribution is 2.43. The lowest BCUT2D eigenvalue weighted by atomic mass is 9.96. The third-order valence-corrected chi connectivity index (χ3v) is 6.19. The molecule has 158 valence electrons. The summed E-state index contributed by atoms with van der Waals surface area (Å²) >= 11 is 1.28. The van der Waals surface area contributed by atoms with Gasteiger partial charge in [0.25, 0.3) is 5.78 Å². The summed E-state index contributed by atoms with van der Waals surface area (Å²) in [6.07, 6.45) is 3.06. The number of benzene rings is 1. The van der Waals surface area contributed by atoms with Gasteiger partial charge in [-0.05, 0) is 49.7 Å². The Kier molecular flexibility index (Phi) is 5.28. The molecule has 1 N–H and O–H groups in total. The highest BCUT2D eigenvalue weighted by atomic mass is 32.1. The van der Waals surface area contributed by atoms with Crippen LogP contribution in [0.5, 0.6) is 5.75 Å². The van der Waals surface area contributed by atoms with Gasteiger partial charge in [0.15, 0.2) is 16.7 Å². The summed E-state index contributed by atoms with van der Waals surface area (Å²) in [7, 11) is 1.32. The number of aliphatic hydroxyl groups is 1. The van der Waals surface area contributed by atoms with Gasteiger partial charge in [-0.15, -0.1) is 11.3 Å². The Hall–Kier alpha value is -3.59. The number of Topliss-reactive ketones (excluding diaryl/α,β-unsaturated/α-hetero) is 1. The zero-order valence-corrected chi connectivity index (χ0v) is 17.7. The van der Waals surface area contributed by atoms with Gasteiger partial charge in [0.2, 0.25) is 0 Å². The molecule has 0 radical (unpaired) electrons. The van der Waals surface area contributed by atoms with E-state index in [-0.39, 0.29) is 16.9 Å². The van der Waals surface area contributed by atoms with Crippen molar-refractivity contribution >= 4 is 33.9 Å². The maximum atomic E-state index is 14.2. The first-order valence-corrected chi connectivity index (χ1v) is 10.1. The van der Waals surface area contributed by atoms with E-state index < -0.39 is 29.3 Å². The number of aromatic nitrogens is 2. The Morgan fingerprint density at radius 3 is 2.48 bits per heavy atom. The topological polar surface area (TPSA) is 92.6 Å². The number of hydrogen-bond acceptors (Lipinski definition) is 7. The Morgan fingerprint density at radius 2 is 1.90 bits per heavy atom. The number of aliphatic hydroxyl groups excluding tert-OH is 1. The smallest absolute Gasteiger partial charge is 0.301 e. The fraction of sp³-hybridized carbons (Fsp3) is 0.182. The maximum Gasteiger partial charge on any atom is 0.301 e. The minimum Gasteiger partial charge on any atom is -0.507 e. The largest absolute Gasteiger partial charge is 0.507 e. The van der Waals surface area contributed by atoms with Gasteiger partial charge >= 0.3 is 5.91 Å². The number of amides is 1. The highest BCUT2D eigenvalue weighted by molar-refractivity contribution is 7.16. The summed E-state index contributed by atoms with van der Waals surface area (Å²) in [6.45, 7) is 3.68. The molecule has 1 atom stereocenters. The molecule has 1 aliphatic rings. The standard InChI is InChI=1S/C22H18FN3O4S/c1-11-12(2)31-22(25-11)26-18(13-6-8-24-9-7-13)17(20(28)21(26)29)19(27)14-4-5-16(30-3)15(23)10-14/h4-10,18,27H,1-3H3/b19-17+/t18-/m1/s1. The van der Waals surface area contributed by atoms with Crippen LogP contribution in [0.2, 0.25) is 0 Å². The van der Waals surface area contributed by atoms with Crippen molar-refractivity contribution < 1.29 is 23.8 Å². The zero-order chi connectivity index (χ0) is 22.3. The van der Waals surface area contributed by atoms with E-state index in [0.29, 0.717) is 10.7 Å². The lowest BCUT2D eigenvalue weighted by molar-refractivity contribution is -0.132. The first kappa shape index (κ1) is 20.7. The number of methoxy groups -OCH3 is 1. The quantitative estimate of drug-likeness (QED) is 0.376. The summed E-state index contributed by atoms with van der Waals surface area (Å²) in [5.41, 5.74) is 1.22. The minimum absolute atomic E-state index is 0.00331. The van der Waals surface area contributed by atoms with E-state index in [1.807, 2.05) is 13.8 Å². The Labute approximate surface area is 181 Å². The molecule has 0 unspecified atom stereocenters. The van der Waals surface area contributed by atoms with Gasteiger partial charge < -0.3 is 9.84 Å². The van der Waals surface area contributed by atoms with Crippen LogP contribution < -0.4 is 9.64 Å². The van der Waals surface area contributed by atoms with Crippen molar-refractivity contribution in [3.63, 3.8) is 0 Å². The fourth-order valence-electron chi connectivity index (χ4n) is 3.42. The number of pyridine rings is 1. The second-order valence-corrected chi connectivity index (χ2v) is 8.12. The average Bonchev–Trinajstić information content (AvgIpc) is 3.23. The fourth-order valence-corrected chi connectivity index (χ4v) is 4.36. The lowest BCUT2D eigenvalue weighted by Crippen LogP contribution is -2.29. The van der Waals surface area contributed by atoms with Crippen LogP contribution in [-0.4, -0.2) is 33.9 Å². The number of nitrogens with zero attached hydrogens (tertiary/aromatic N) is 3. The minimum atomic E-state index is -0.932. The van der Waals surface area contributed by atoms with Crippen molar-refractivity contribution in [1.29, 1.82) is 0 Å². The Bertz CT molecular complexity index is 1200. The number of thiazole rings is 1. The van der Waals surface area contributed by atoms with Crippen LogP contribution in [0.1, 0.15) is 27.7 Å². The Morgan fingerprint density at radius 1 is 1.19 bits per heavy atom. The van der Waals surface area contributed by atoms with Gasteiger partial charge in [-0.25, -0.2) is 9.37 Å². The van der Waals surface area contributed by atoms with E-state index in [1.54, 1.807) is 12.1 Å². The monoisotopic (exact) mass is 439 g/mol. The molecule has 1 saturated heterocycles. The van der Waals surface area contributed by atoms with E-state index >= 15 is 0 Å². The number of anilines is 1. The molecule has 1 aliphatic heterocycles. The molecule has 1 fully saturated rings. The molecule has 4 rings (SSSR count). The summed E-state index contributed by atoms with van der Waals surface area (Å²) in [5, 5.41) is 11.3. The maximum absolute atomic E-state index is 14.2. The van der Waals surface area contributed by atoms with E-state index in [4.69, 9.17) is 4.74 Å². The van der Waals surface area contributed by atoms with Gasteiger partial charge in [-0.1, -0.05) is 0 Å². The van der Waals surface area contributed by atoms with Crippen LogP contribution >= 0.6 is 11.3 Å². The molecule has 31 heavy (non-hydrogen) atoms. The lowest BCUT2D eigenvalue weighted by Gasteiger charge is -2.22. The summed E-state index contributed by atoms with van der Waals surface area (Å²) in [6, 6.07) is 6.19. The molecular weight excluding hydrogens is 421 g/mol. The first-order valence-electron chi connectivity index (χ1n) is 9.32. The van der Waals surface area contributed by atoms with Gasteiger partial charge in [-0.2, -0.15) is 0 Å². The molecule has 1 amide bonds. The SMILES string of the molecule is COc1ccc(/C(O)=C2\C(=O)C(=O)N(c3nc(C)c(C)s3)[C@@H]2c2ccncc2)cc1F.